The monoisotopic (exact) mass is 267 g/mol. The zero-order chi connectivity index (χ0) is 14.7. The molecule has 19 heavy (non-hydrogen) atoms. The predicted molar refractivity (Wildman–Crippen MR) is 73.2 cm³/mol. The first-order chi connectivity index (χ1) is 8.85. The second-order valence-corrected chi connectivity index (χ2v) is 5.63. The van der Waals surface area contributed by atoms with Gasteiger partial charge >= 0.3 is 0 Å². The Hall–Kier alpha value is -1.12. The highest BCUT2D eigenvalue weighted by atomic mass is 16.5. The van der Waals surface area contributed by atoms with Crippen LogP contribution in [0.4, 0.5) is 0 Å². The molecule has 0 aromatic heterocycles. The third-order valence-electron chi connectivity index (χ3n) is 4.37. The molecule has 2 unspecified atom stereocenters. The van der Waals surface area contributed by atoms with E-state index in [9.17, 15) is 4.79 Å². The van der Waals surface area contributed by atoms with E-state index in [-0.39, 0.29) is 17.4 Å². The van der Waals surface area contributed by atoms with Gasteiger partial charge in [0.25, 0.3) is 0 Å². The van der Waals surface area contributed by atoms with E-state index in [1.165, 1.54) is 0 Å². The Labute approximate surface area is 115 Å². The molecule has 0 radical (unpaired) electrons. The molecule has 1 saturated carbocycles. The third kappa shape index (κ3) is 2.60. The molecule has 108 valence electrons. The van der Waals surface area contributed by atoms with Crippen LogP contribution in [0.3, 0.4) is 0 Å². The molecule has 0 aromatic carbocycles. The molecule has 5 heteroatoms. The van der Waals surface area contributed by atoms with Gasteiger partial charge in [0, 0.05) is 31.5 Å². The van der Waals surface area contributed by atoms with Crippen molar-refractivity contribution in [2.45, 2.75) is 52.2 Å². The van der Waals surface area contributed by atoms with E-state index in [0.29, 0.717) is 32.5 Å². The maximum absolute atomic E-state index is 12.6. The molecule has 0 aliphatic heterocycles. The lowest BCUT2D eigenvalue weighted by Crippen LogP contribution is -2.76. The summed E-state index contributed by atoms with van der Waals surface area (Å²) in [4.78, 5) is 14.3. The minimum atomic E-state index is -0.877. The smallest absolute Gasteiger partial charge is 0.243 e. The lowest BCUT2D eigenvalue weighted by molar-refractivity contribution is -0.179. The molecule has 1 aliphatic carbocycles. The molecular formula is C14H25N3O2. The Morgan fingerprint density at radius 2 is 2.16 bits per heavy atom. The van der Waals surface area contributed by atoms with Crippen molar-refractivity contribution in [2.24, 2.45) is 11.1 Å². The fourth-order valence-corrected chi connectivity index (χ4v) is 2.67. The maximum Gasteiger partial charge on any atom is 0.243 e. The van der Waals surface area contributed by atoms with Crippen LogP contribution < -0.4 is 5.73 Å². The third-order valence-corrected chi connectivity index (χ3v) is 4.37. The minimum Gasteiger partial charge on any atom is -0.378 e. The predicted octanol–water partition coefficient (Wildman–Crippen LogP) is 1.28. The number of rotatable bonds is 6. The minimum absolute atomic E-state index is 0.0288. The molecule has 2 atom stereocenters. The van der Waals surface area contributed by atoms with Crippen molar-refractivity contribution < 1.29 is 9.53 Å². The summed E-state index contributed by atoms with van der Waals surface area (Å²) in [5.41, 5.74) is 5.09. The Morgan fingerprint density at radius 1 is 1.53 bits per heavy atom. The number of likely N-dealkylation sites (N-methyl/N-ethyl adjacent to an activating group) is 1. The van der Waals surface area contributed by atoms with Crippen molar-refractivity contribution in [3.63, 3.8) is 0 Å². The van der Waals surface area contributed by atoms with Gasteiger partial charge in [-0.2, -0.15) is 5.26 Å². The fraction of sp³-hybridized carbons (Fsp3) is 0.857. The maximum atomic E-state index is 12.6. The van der Waals surface area contributed by atoms with Crippen molar-refractivity contribution in [3.05, 3.63) is 0 Å². The summed E-state index contributed by atoms with van der Waals surface area (Å²) in [5.74, 6) is -0.0637. The zero-order valence-corrected chi connectivity index (χ0v) is 12.4. The van der Waals surface area contributed by atoms with Crippen molar-refractivity contribution in [3.8, 4) is 6.07 Å². The Bertz CT molecular complexity index is 375. The summed E-state index contributed by atoms with van der Waals surface area (Å²) in [6, 6.07) is 2.07. The average molecular weight is 267 g/mol. The van der Waals surface area contributed by atoms with Gasteiger partial charge < -0.3 is 15.4 Å². The van der Waals surface area contributed by atoms with E-state index in [2.05, 4.69) is 6.07 Å². The van der Waals surface area contributed by atoms with Crippen LogP contribution in [-0.4, -0.2) is 42.1 Å². The van der Waals surface area contributed by atoms with E-state index in [1.807, 2.05) is 27.7 Å². The van der Waals surface area contributed by atoms with Gasteiger partial charge in [0.2, 0.25) is 5.91 Å². The van der Waals surface area contributed by atoms with Gasteiger partial charge in [-0.15, -0.1) is 0 Å². The number of hydrogen-bond acceptors (Lipinski definition) is 4. The molecule has 1 fully saturated rings. The van der Waals surface area contributed by atoms with E-state index >= 15 is 0 Å². The first-order valence-corrected chi connectivity index (χ1v) is 6.92. The normalized spacial score (nSPS) is 28.3. The topological polar surface area (TPSA) is 79.3 Å². The second kappa shape index (κ2) is 5.89. The second-order valence-electron chi connectivity index (χ2n) is 5.63. The number of amides is 1. The van der Waals surface area contributed by atoms with Gasteiger partial charge in [-0.25, -0.2) is 0 Å². The summed E-state index contributed by atoms with van der Waals surface area (Å²) in [6.45, 7) is 9.46. The van der Waals surface area contributed by atoms with Crippen LogP contribution in [0.2, 0.25) is 0 Å². The lowest BCUT2D eigenvalue weighted by atomic mass is 9.54. The van der Waals surface area contributed by atoms with Crippen molar-refractivity contribution in [1.29, 1.82) is 5.26 Å². The summed E-state index contributed by atoms with van der Waals surface area (Å²) < 4.78 is 5.63. The van der Waals surface area contributed by atoms with Gasteiger partial charge in [0.1, 0.15) is 5.54 Å². The molecule has 5 nitrogen and oxygen atoms in total. The Balaban J connectivity index is 2.79. The van der Waals surface area contributed by atoms with Crippen LogP contribution in [0, 0.1) is 16.7 Å². The van der Waals surface area contributed by atoms with Crippen LogP contribution in [0.15, 0.2) is 0 Å². The molecule has 1 aliphatic rings. The number of hydrogen-bond donors (Lipinski definition) is 1. The van der Waals surface area contributed by atoms with Crippen LogP contribution in [0.25, 0.3) is 0 Å². The van der Waals surface area contributed by atoms with E-state index in [4.69, 9.17) is 15.7 Å². The SMILES string of the molecule is CCOC1CC(N)(C(=O)N(CC)CCC#N)C1(C)C. The van der Waals surface area contributed by atoms with Crippen molar-refractivity contribution in [2.75, 3.05) is 19.7 Å². The standard InChI is InChI=1S/C14H25N3O2/c1-5-17(9-7-8-15)12(18)14(16)10-11(19-6-2)13(14,3)4/h11H,5-7,9-10,16H2,1-4H3. The molecule has 1 rings (SSSR count). The number of ether oxygens (including phenoxy) is 1. The molecule has 2 N–H and O–H groups in total. The number of carbonyl (C=O) groups excluding carboxylic acids is 1. The number of nitrogens with two attached hydrogens (primary N) is 1. The average Bonchev–Trinajstić information content (AvgIpc) is 2.38. The summed E-state index contributed by atoms with van der Waals surface area (Å²) in [7, 11) is 0. The van der Waals surface area contributed by atoms with Gasteiger partial charge in [-0.3, -0.25) is 4.79 Å². The van der Waals surface area contributed by atoms with Crippen molar-refractivity contribution >= 4 is 5.91 Å². The lowest BCUT2D eigenvalue weighted by Gasteiger charge is -2.58. The summed E-state index contributed by atoms with van der Waals surface area (Å²) >= 11 is 0. The summed E-state index contributed by atoms with van der Waals surface area (Å²) in [5, 5.41) is 8.64. The summed E-state index contributed by atoms with van der Waals surface area (Å²) in [6.07, 6.45) is 0.918. The van der Waals surface area contributed by atoms with Gasteiger partial charge in [0.05, 0.1) is 18.6 Å². The highest BCUT2D eigenvalue weighted by Gasteiger charge is 2.63. The van der Waals surface area contributed by atoms with Gasteiger partial charge in [0.15, 0.2) is 0 Å². The van der Waals surface area contributed by atoms with Crippen LogP contribution >= 0.6 is 0 Å². The van der Waals surface area contributed by atoms with E-state index in [1.54, 1.807) is 4.90 Å². The molecule has 0 spiro atoms. The van der Waals surface area contributed by atoms with Crippen molar-refractivity contribution in [1.82, 2.24) is 4.90 Å². The quantitative estimate of drug-likeness (QED) is 0.786. The van der Waals surface area contributed by atoms with Gasteiger partial charge in [-0.05, 0) is 13.8 Å². The number of nitrogens with zero attached hydrogens (tertiary/aromatic N) is 2. The fourth-order valence-electron chi connectivity index (χ4n) is 2.67. The van der Waals surface area contributed by atoms with E-state index < -0.39 is 5.54 Å². The van der Waals surface area contributed by atoms with Crippen LogP contribution in [0.1, 0.15) is 40.5 Å². The largest absolute Gasteiger partial charge is 0.378 e. The molecule has 0 bridgehead atoms. The zero-order valence-electron chi connectivity index (χ0n) is 12.4. The Kier molecular flexibility index (Phi) is 4.94. The first kappa shape index (κ1) is 15.9. The first-order valence-electron chi connectivity index (χ1n) is 6.92. The van der Waals surface area contributed by atoms with E-state index in [0.717, 1.165) is 0 Å². The number of nitriles is 1. The molecule has 0 aromatic rings. The molecule has 0 saturated heterocycles. The molecule has 1 amide bonds. The molecular weight excluding hydrogens is 242 g/mol. The highest BCUT2D eigenvalue weighted by molar-refractivity contribution is 5.88. The van der Waals surface area contributed by atoms with Crippen LogP contribution in [-0.2, 0) is 9.53 Å². The van der Waals surface area contributed by atoms with Gasteiger partial charge in [-0.1, -0.05) is 13.8 Å². The van der Waals surface area contributed by atoms with Crippen LogP contribution in [0.5, 0.6) is 0 Å². The highest BCUT2D eigenvalue weighted by Crippen LogP contribution is 2.50. The molecule has 0 heterocycles. The number of carbonyl (C=O) groups is 1. The Morgan fingerprint density at radius 3 is 2.58 bits per heavy atom.